The molecule has 0 spiro atoms. The summed E-state index contributed by atoms with van der Waals surface area (Å²) in [4.78, 5) is 6.25. The van der Waals surface area contributed by atoms with E-state index in [4.69, 9.17) is 9.47 Å². The molecule has 0 bridgehead atoms. The highest BCUT2D eigenvalue weighted by molar-refractivity contribution is 7.78. The maximum atomic E-state index is 13.1. The highest BCUT2D eigenvalue weighted by Gasteiger charge is 2.24. The van der Waals surface area contributed by atoms with Crippen LogP contribution in [0.5, 0.6) is 0 Å². The fourth-order valence-corrected chi connectivity index (χ4v) is 2.57. The summed E-state index contributed by atoms with van der Waals surface area (Å²) in [5, 5.41) is 0. The van der Waals surface area contributed by atoms with Gasteiger partial charge in [-0.25, -0.2) is 8.96 Å². The quantitative estimate of drug-likeness (QED) is 0.610. The minimum absolute atomic E-state index is 0.130. The molecule has 0 aliphatic carbocycles. The lowest BCUT2D eigenvalue weighted by Gasteiger charge is -2.30. The van der Waals surface area contributed by atoms with Gasteiger partial charge in [0.25, 0.3) is 0 Å². The van der Waals surface area contributed by atoms with Crippen LogP contribution in [-0.2, 0) is 20.8 Å². The minimum atomic E-state index is -2.59. The number of aromatic nitrogens is 2. The Balaban J connectivity index is 2.92. The summed E-state index contributed by atoms with van der Waals surface area (Å²) in [6, 6.07) is -0.130. The van der Waals surface area contributed by atoms with Crippen molar-refractivity contribution in [1.29, 1.82) is 0 Å². The Kier molecular flexibility index (Phi) is 7.90. The van der Waals surface area contributed by atoms with E-state index in [0.717, 1.165) is 10.4 Å². The maximum absolute atomic E-state index is 13.1. The first-order valence-electron chi connectivity index (χ1n) is 6.49. The van der Waals surface area contributed by atoms with Gasteiger partial charge in [0.2, 0.25) is 0 Å². The molecule has 0 aromatic carbocycles. The van der Waals surface area contributed by atoms with Gasteiger partial charge in [-0.3, -0.25) is 4.90 Å². The zero-order chi connectivity index (χ0) is 15.0. The smallest absolute Gasteiger partial charge is 0.309 e. The second kappa shape index (κ2) is 9.17. The normalized spacial score (nSPS) is 14.7. The summed E-state index contributed by atoms with van der Waals surface area (Å²) in [7, 11) is 3.26. The van der Waals surface area contributed by atoms with Gasteiger partial charge in [0.05, 0.1) is 19.3 Å². The van der Waals surface area contributed by atoms with Gasteiger partial charge >= 0.3 is 11.4 Å². The van der Waals surface area contributed by atoms with Gasteiger partial charge in [0.1, 0.15) is 5.82 Å². The van der Waals surface area contributed by atoms with Gasteiger partial charge < -0.3 is 9.47 Å². The molecule has 1 rings (SSSR count). The van der Waals surface area contributed by atoms with E-state index in [-0.39, 0.29) is 6.04 Å². The standard InChI is InChI=1S/C12H22FN3O3S/c1-4-11(12-14-5-6-16(12)20(13)17)15(7-9-18-2)8-10-19-3/h5-6,11H,4,7-10H2,1-3H3. The molecule has 20 heavy (non-hydrogen) atoms. The predicted molar refractivity (Wildman–Crippen MR) is 75.2 cm³/mol. The predicted octanol–water partition coefficient (Wildman–Crippen LogP) is 1.33. The summed E-state index contributed by atoms with van der Waals surface area (Å²) in [5.74, 6) is 0.459. The second-order valence-corrected chi connectivity index (χ2v) is 5.07. The van der Waals surface area contributed by atoms with E-state index in [1.807, 2.05) is 6.92 Å². The average Bonchev–Trinajstić information content (AvgIpc) is 2.91. The molecule has 0 saturated carbocycles. The third kappa shape index (κ3) is 4.62. The third-order valence-electron chi connectivity index (χ3n) is 3.08. The number of methoxy groups -OCH3 is 2. The molecule has 1 aromatic heterocycles. The van der Waals surface area contributed by atoms with Crippen LogP contribution in [0.1, 0.15) is 25.2 Å². The van der Waals surface area contributed by atoms with E-state index in [2.05, 4.69) is 9.88 Å². The zero-order valence-corrected chi connectivity index (χ0v) is 12.9. The number of ether oxygens (including phenoxy) is 2. The maximum Gasteiger partial charge on any atom is 0.309 e. The third-order valence-corrected chi connectivity index (χ3v) is 3.70. The fourth-order valence-electron chi connectivity index (χ4n) is 2.10. The number of hydrogen-bond donors (Lipinski definition) is 0. The molecule has 2 atom stereocenters. The number of imidazole rings is 1. The van der Waals surface area contributed by atoms with Crippen molar-refractivity contribution in [3.8, 4) is 0 Å². The Hall–Kier alpha value is -0.830. The van der Waals surface area contributed by atoms with E-state index >= 15 is 0 Å². The molecule has 0 fully saturated rings. The van der Waals surface area contributed by atoms with Crippen molar-refractivity contribution in [2.45, 2.75) is 19.4 Å². The van der Waals surface area contributed by atoms with Gasteiger partial charge in [-0.05, 0) is 6.42 Å². The van der Waals surface area contributed by atoms with Crippen LogP contribution in [0.3, 0.4) is 0 Å². The fraction of sp³-hybridized carbons (Fsp3) is 0.750. The first kappa shape index (κ1) is 17.2. The number of rotatable bonds is 10. The SMILES string of the molecule is CCC(c1nccn1S(=O)F)N(CCOC)CCOC. The van der Waals surface area contributed by atoms with Gasteiger partial charge in [-0.15, -0.1) is 3.89 Å². The van der Waals surface area contributed by atoms with Crippen molar-refractivity contribution in [3.05, 3.63) is 18.2 Å². The zero-order valence-electron chi connectivity index (χ0n) is 12.1. The van der Waals surface area contributed by atoms with Crippen LogP contribution < -0.4 is 0 Å². The Bertz CT molecular complexity index is 408. The Morgan fingerprint density at radius 1 is 1.40 bits per heavy atom. The highest BCUT2D eigenvalue weighted by atomic mass is 32.2. The van der Waals surface area contributed by atoms with Crippen molar-refractivity contribution in [2.75, 3.05) is 40.5 Å². The van der Waals surface area contributed by atoms with Crippen molar-refractivity contribution in [3.63, 3.8) is 0 Å². The molecule has 6 nitrogen and oxygen atoms in total. The number of hydrogen-bond acceptors (Lipinski definition) is 5. The molecule has 0 amide bonds. The van der Waals surface area contributed by atoms with Crippen LogP contribution in [-0.4, -0.2) is 58.6 Å². The lowest BCUT2D eigenvalue weighted by atomic mass is 10.1. The van der Waals surface area contributed by atoms with E-state index in [0.29, 0.717) is 32.1 Å². The van der Waals surface area contributed by atoms with Crippen molar-refractivity contribution >= 4 is 11.4 Å². The van der Waals surface area contributed by atoms with Gasteiger partial charge in [0.15, 0.2) is 0 Å². The van der Waals surface area contributed by atoms with Crippen LogP contribution in [0.25, 0.3) is 0 Å². The van der Waals surface area contributed by atoms with E-state index in [9.17, 15) is 8.09 Å². The summed E-state index contributed by atoms with van der Waals surface area (Å²) in [6.45, 7) is 4.44. The Labute approximate surface area is 121 Å². The molecule has 116 valence electrons. The molecule has 0 N–H and O–H groups in total. The van der Waals surface area contributed by atoms with Gasteiger partial charge in [-0.2, -0.15) is 4.21 Å². The van der Waals surface area contributed by atoms with Crippen LogP contribution >= 0.6 is 0 Å². The molecule has 2 unspecified atom stereocenters. The minimum Gasteiger partial charge on any atom is -0.383 e. The van der Waals surface area contributed by atoms with Crippen molar-refractivity contribution in [2.24, 2.45) is 0 Å². The van der Waals surface area contributed by atoms with Crippen LogP contribution in [0.4, 0.5) is 3.89 Å². The van der Waals surface area contributed by atoms with Gasteiger partial charge in [0, 0.05) is 39.7 Å². The summed E-state index contributed by atoms with van der Waals surface area (Å²) in [5.41, 5.74) is 0. The monoisotopic (exact) mass is 307 g/mol. The molecule has 0 aliphatic rings. The first-order chi connectivity index (χ1) is 9.65. The van der Waals surface area contributed by atoms with Crippen LogP contribution in [0.2, 0.25) is 0 Å². The molecular weight excluding hydrogens is 285 g/mol. The lowest BCUT2D eigenvalue weighted by Crippen LogP contribution is -2.35. The molecule has 0 aliphatic heterocycles. The lowest BCUT2D eigenvalue weighted by molar-refractivity contribution is 0.0827. The van der Waals surface area contributed by atoms with Gasteiger partial charge in [-0.1, -0.05) is 6.92 Å². The summed E-state index contributed by atoms with van der Waals surface area (Å²) in [6.07, 6.45) is 3.57. The number of nitrogens with zero attached hydrogens (tertiary/aromatic N) is 3. The second-order valence-electron chi connectivity index (χ2n) is 4.26. The van der Waals surface area contributed by atoms with E-state index in [1.54, 1.807) is 14.2 Å². The van der Waals surface area contributed by atoms with Crippen LogP contribution in [0.15, 0.2) is 12.4 Å². The van der Waals surface area contributed by atoms with E-state index in [1.165, 1.54) is 12.4 Å². The largest absolute Gasteiger partial charge is 0.383 e. The molecule has 1 aromatic rings. The first-order valence-corrected chi connectivity index (χ1v) is 7.50. The van der Waals surface area contributed by atoms with E-state index < -0.39 is 11.4 Å². The molecule has 0 radical (unpaired) electrons. The summed E-state index contributed by atoms with van der Waals surface area (Å²) < 4.78 is 35.5. The number of halogens is 1. The molecular formula is C12H22FN3O3S. The molecule has 0 saturated heterocycles. The molecule has 1 heterocycles. The Morgan fingerprint density at radius 2 is 2.00 bits per heavy atom. The van der Waals surface area contributed by atoms with Crippen molar-refractivity contribution in [1.82, 2.24) is 13.9 Å². The topological polar surface area (TPSA) is 56.6 Å². The highest BCUT2D eigenvalue weighted by Crippen LogP contribution is 2.23. The summed E-state index contributed by atoms with van der Waals surface area (Å²) >= 11 is -2.59. The van der Waals surface area contributed by atoms with Crippen LogP contribution in [0, 0.1) is 0 Å². The Morgan fingerprint density at radius 3 is 2.45 bits per heavy atom. The average molecular weight is 307 g/mol. The molecule has 8 heteroatoms. The van der Waals surface area contributed by atoms with Crippen molar-refractivity contribution < 1.29 is 17.6 Å².